The summed E-state index contributed by atoms with van der Waals surface area (Å²) in [6, 6.07) is 10.3. The molecule has 1 aromatic carbocycles. The molecule has 5 heteroatoms. The summed E-state index contributed by atoms with van der Waals surface area (Å²) in [7, 11) is 0. The van der Waals surface area contributed by atoms with Crippen molar-refractivity contribution in [3.63, 3.8) is 0 Å². The Bertz CT molecular complexity index is 793. The zero-order chi connectivity index (χ0) is 19.2. The van der Waals surface area contributed by atoms with Crippen LogP contribution in [0.5, 0.6) is 0 Å². The summed E-state index contributed by atoms with van der Waals surface area (Å²) < 4.78 is 0. The molecule has 0 N–H and O–H groups in total. The molecule has 3 rings (SSSR count). The minimum atomic E-state index is 0.0438. The number of benzene rings is 1. The molecule has 27 heavy (non-hydrogen) atoms. The molecule has 0 aliphatic carbocycles. The fraction of sp³-hybridized carbons (Fsp3) is 0.409. The fourth-order valence-electron chi connectivity index (χ4n) is 3.18. The molecule has 0 saturated carbocycles. The molecule has 1 fully saturated rings. The van der Waals surface area contributed by atoms with Crippen LogP contribution < -0.4 is 0 Å². The summed E-state index contributed by atoms with van der Waals surface area (Å²) in [5, 5.41) is 0. The van der Waals surface area contributed by atoms with Gasteiger partial charge in [0.25, 0.3) is 5.91 Å². The van der Waals surface area contributed by atoms with Crippen LogP contribution in [-0.2, 0) is 0 Å². The SMILES string of the molecule is Cc1nc(C(C)C)ncc1C(=O)N1CCN(C/C=C/c2ccccc2)CC1. The number of aryl methyl sites for hydroxylation is 1. The number of carbonyl (C=O) groups excluding carboxylic acids is 1. The Balaban J connectivity index is 1.53. The first-order valence-corrected chi connectivity index (χ1v) is 9.61. The Morgan fingerprint density at radius 2 is 1.85 bits per heavy atom. The third kappa shape index (κ3) is 5.01. The van der Waals surface area contributed by atoms with Gasteiger partial charge in [0, 0.05) is 44.8 Å². The predicted octanol–water partition coefficient (Wildman–Crippen LogP) is 3.38. The number of carbonyl (C=O) groups is 1. The molecular formula is C22H28N4O. The summed E-state index contributed by atoms with van der Waals surface area (Å²) in [5.74, 6) is 1.10. The molecule has 1 saturated heterocycles. The number of hydrogen-bond donors (Lipinski definition) is 0. The Labute approximate surface area is 161 Å². The van der Waals surface area contributed by atoms with Gasteiger partial charge in [0.15, 0.2) is 0 Å². The van der Waals surface area contributed by atoms with Gasteiger partial charge in [0.05, 0.1) is 11.3 Å². The first-order chi connectivity index (χ1) is 13.0. The van der Waals surface area contributed by atoms with Crippen LogP contribution in [0.15, 0.2) is 42.6 Å². The molecule has 0 spiro atoms. The molecule has 0 bridgehead atoms. The summed E-state index contributed by atoms with van der Waals surface area (Å²) in [6.45, 7) is 10.2. The number of hydrogen-bond acceptors (Lipinski definition) is 4. The highest BCUT2D eigenvalue weighted by molar-refractivity contribution is 5.95. The molecule has 0 atom stereocenters. The maximum atomic E-state index is 12.8. The van der Waals surface area contributed by atoms with Gasteiger partial charge in [-0.05, 0) is 12.5 Å². The molecule has 5 nitrogen and oxygen atoms in total. The quantitative estimate of drug-likeness (QED) is 0.816. The first kappa shape index (κ1) is 19.2. The van der Waals surface area contributed by atoms with Crippen LogP contribution in [-0.4, -0.2) is 58.4 Å². The van der Waals surface area contributed by atoms with Gasteiger partial charge in [-0.15, -0.1) is 0 Å². The highest BCUT2D eigenvalue weighted by atomic mass is 16.2. The monoisotopic (exact) mass is 364 g/mol. The van der Waals surface area contributed by atoms with E-state index in [1.54, 1.807) is 6.20 Å². The highest BCUT2D eigenvalue weighted by Gasteiger charge is 2.23. The van der Waals surface area contributed by atoms with E-state index in [1.165, 1.54) is 5.56 Å². The second-order valence-electron chi connectivity index (χ2n) is 7.29. The van der Waals surface area contributed by atoms with Crippen LogP contribution in [0.3, 0.4) is 0 Å². The van der Waals surface area contributed by atoms with Crippen molar-refractivity contribution >= 4 is 12.0 Å². The van der Waals surface area contributed by atoms with Crippen LogP contribution in [0, 0.1) is 6.92 Å². The van der Waals surface area contributed by atoms with Crippen molar-refractivity contribution < 1.29 is 4.79 Å². The smallest absolute Gasteiger partial charge is 0.257 e. The van der Waals surface area contributed by atoms with Crippen LogP contribution in [0.2, 0.25) is 0 Å². The molecule has 142 valence electrons. The topological polar surface area (TPSA) is 49.3 Å². The van der Waals surface area contributed by atoms with Crippen molar-refractivity contribution in [2.24, 2.45) is 0 Å². The van der Waals surface area contributed by atoms with Crippen LogP contribution >= 0.6 is 0 Å². The fourth-order valence-corrected chi connectivity index (χ4v) is 3.18. The summed E-state index contributed by atoms with van der Waals surface area (Å²) in [4.78, 5) is 26.0. The third-order valence-electron chi connectivity index (χ3n) is 4.88. The van der Waals surface area contributed by atoms with Crippen LogP contribution in [0.4, 0.5) is 0 Å². The third-order valence-corrected chi connectivity index (χ3v) is 4.88. The van der Waals surface area contributed by atoms with E-state index < -0.39 is 0 Å². The molecule has 2 aromatic rings. The van der Waals surface area contributed by atoms with E-state index in [9.17, 15) is 4.79 Å². The molecule has 0 radical (unpaired) electrons. The average Bonchev–Trinajstić information content (AvgIpc) is 2.69. The van der Waals surface area contributed by atoms with Crippen molar-refractivity contribution in [2.75, 3.05) is 32.7 Å². The summed E-state index contributed by atoms with van der Waals surface area (Å²) >= 11 is 0. The van der Waals surface area contributed by atoms with E-state index >= 15 is 0 Å². The first-order valence-electron chi connectivity index (χ1n) is 9.61. The van der Waals surface area contributed by atoms with E-state index in [1.807, 2.05) is 30.0 Å². The lowest BCUT2D eigenvalue weighted by molar-refractivity contribution is 0.0648. The number of piperazine rings is 1. The molecule has 1 amide bonds. The molecule has 2 heterocycles. The van der Waals surface area contributed by atoms with Crippen molar-refractivity contribution in [3.05, 3.63) is 65.2 Å². The predicted molar refractivity (Wildman–Crippen MR) is 109 cm³/mol. The normalized spacial score (nSPS) is 15.6. The second kappa shape index (κ2) is 8.91. The summed E-state index contributed by atoms with van der Waals surface area (Å²) in [5.41, 5.74) is 2.61. The largest absolute Gasteiger partial charge is 0.336 e. The number of rotatable bonds is 5. The minimum Gasteiger partial charge on any atom is -0.336 e. The number of aromatic nitrogens is 2. The lowest BCUT2D eigenvalue weighted by Crippen LogP contribution is -2.48. The zero-order valence-electron chi connectivity index (χ0n) is 16.4. The standard InChI is InChI=1S/C22H28N4O/c1-17(2)21-23-16-20(18(3)24-21)22(27)26-14-12-25(13-15-26)11-7-10-19-8-5-4-6-9-19/h4-10,16-17H,11-15H2,1-3H3/b10-7+. The highest BCUT2D eigenvalue weighted by Crippen LogP contribution is 2.14. The van der Waals surface area contributed by atoms with E-state index in [0.29, 0.717) is 5.56 Å². The van der Waals surface area contributed by atoms with Gasteiger partial charge in [-0.2, -0.15) is 0 Å². The van der Waals surface area contributed by atoms with Crippen molar-refractivity contribution in [1.29, 1.82) is 0 Å². The van der Waals surface area contributed by atoms with Crippen LogP contribution in [0.25, 0.3) is 6.08 Å². The second-order valence-corrected chi connectivity index (χ2v) is 7.29. The Hall–Kier alpha value is -2.53. The van der Waals surface area contributed by atoms with Gasteiger partial charge < -0.3 is 4.90 Å². The lowest BCUT2D eigenvalue weighted by atomic mass is 10.1. The molecule has 1 aliphatic rings. The Morgan fingerprint density at radius 1 is 1.15 bits per heavy atom. The Morgan fingerprint density at radius 3 is 2.48 bits per heavy atom. The van der Waals surface area contributed by atoms with Crippen molar-refractivity contribution in [3.8, 4) is 0 Å². The number of nitrogens with zero attached hydrogens (tertiary/aromatic N) is 4. The minimum absolute atomic E-state index is 0.0438. The lowest BCUT2D eigenvalue weighted by Gasteiger charge is -2.34. The van der Waals surface area contributed by atoms with Gasteiger partial charge in [-0.25, -0.2) is 9.97 Å². The maximum Gasteiger partial charge on any atom is 0.257 e. The number of amides is 1. The van der Waals surface area contributed by atoms with Crippen LogP contribution in [0.1, 0.15) is 47.2 Å². The van der Waals surface area contributed by atoms with Crippen molar-refractivity contribution in [2.45, 2.75) is 26.7 Å². The Kier molecular flexibility index (Phi) is 6.35. The van der Waals surface area contributed by atoms with E-state index in [-0.39, 0.29) is 11.8 Å². The van der Waals surface area contributed by atoms with E-state index in [0.717, 1.165) is 44.2 Å². The van der Waals surface area contributed by atoms with Gasteiger partial charge in [0.1, 0.15) is 5.82 Å². The molecule has 1 aliphatic heterocycles. The molecular weight excluding hydrogens is 336 g/mol. The van der Waals surface area contributed by atoms with Gasteiger partial charge in [-0.3, -0.25) is 9.69 Å². The molecule has 0 unspecified atom stereocenters. The van der Waals surface area contributed by atoms with Gasteiger partial charge in [0.2, 0.25) is 0 Å². The van der Waals surface area contributed by atoms with E-state index in [4.69, 9.17) is 0 Å². The van der Waals surface area contributed by atoms with Crippen molar-refractivity contribution in [1.82, 2.24) is 19.8 Å². The zero-order valence-corrected chi connectivity index (χ0v) is 16.4. The van der Waals surface area contributed by atoms with Gasteiger partial charge in [-0.1, -0.05) is 56.3 Å². The maximum absolute atomic E-state index is 12.8. The average molecular weight is 364 g/mol. The van der Waals surface area contributed by atoms with Gasteiger partial charge >= 0.3 is 0 Å². The van der Waals surface area contributed by atoms with E-state index in [2.05, 4.69) is 53.0 Å². The summed E-state index contributed by atoms with van der Waals surface area (Å²) in [6.07, 6.45) is 6.03. The molecule has 1 aromatic heterocycles.